The second-order valence-corrected chi connectivity index (χ2v) is 16.8. The molecule has 0 aromatic heterocycles. The van der Waals surface area contributed by atoms with E-state index in [0.29, 0.717) is 5.56 Å². The summed E-state index contributed by atoms with van der Waals surface area (Å²) in [5.74, 6) is 6.02. The monoisotopic (exact) mass is 328 g/mol. The molecule has 0 N–H and O–H groups in total. The van der Waals surface area contributed by atoms with Crippen LogP contribution in [0.2, 0.25) is 39.3 Å². The number of carbonyl (C=O) groups excluding carboxylic acids is 1. The van der Waals surface area contributed by atoms with Crippen LogP contribution in [0.5, 0.6) is 0 Å². The van der Waals surface area contributed by atoms with Gasteiger partial charge in [0.1, 0.15) is 16.1 Å². The summed E-state index contributed by atoms with van der Waals surface area (Å²) in [5.41, 5.74) is 8.79. The fourth-order valence-electron chi connectivity index (χ4n) is 1.53. The van der Waals surface area contributed by atoms with Crippen LogP contribution in [-0.2, 0) is 4.74 Å². The summed E-state index contributed by atoms with van der Waals surface area (Å²) >= 11 is 0. The normalized spacial score (nSPS) is 10.9. The zero-order chi connectivity index (χ0) is 17.0. The molecular weight excluding hydrogens is 304 g/mol. The summed E-state index contributed by atoms with van der Waals surface area (Å²) in [6, 6.07) is 5.50. The average Bonchev–Trinajstić information content (AvgIpc) is 2.40. The first kappa shape index (κ1) is 18.3. The Morgan fingerprint density at radius 1 is 0.864 bits per heavy atom. The molecule has 0 unspecified atom stereocenters. The van der Waals surface area contributed by atoms with Gasteiger partial charge in [-0.15, -0.1) is 11.1 Å². The predicted octanol–water partition coefficient (Wildman–Crippen LogP) is 3.93. The fourth-order valence-corrected chi connectivity index (χ4v) is 2.57. The highest BCUT2D eigenvalue weighted by atomic mass is 28.3. The number of carbonyl (C=O) groups is 1. The number of hydrogen-bond acceptors (Lipinski definition) is 2. The zero-order valence-electron chi connectivity index (χ0n) is 14.5. The largest absolute Gasteiger partial charge is 0.465 e. The van der Waals surface area contributed by atoms with Gasteiger partial charge in [-0.25, -0.2) is 4.79 Å². The lowest BCUT2D eigenvalue weighted by molar-refractivity contribution is 0.0600. The van der Waals surface area contributed by atoms with E-state index >= 15 is 0 Å². The molecule has 116 valence electrons. The molecule has 0 aliphatic heterocycles. The third-order valence-electron chi connectivity index (χ3n) is 2.52. The van der Waals surface area contributed by atoms with Gasteiger partial charge in [-0.05, 0) is 18.2 Å². The van der Waals surface area contributed by atoms with Crippen molar-refractivity contribution < 1.29 is 9.53 Å². The van der Waals surface area contributed by atoms with Crippen molar-refractivity contribution in [2.45, 2.75) is 39.3 Å². The summed E-state index contributed by atoms with van der Waals surface area (Å²) in [6.07, 6.45) is 0. The van der Waals surface area contributed by atoms with Crippen LogP contribution < -0.4 is 0 Å². The molecule has 0 spiro atoms. The number of ether oxygens (including phenoxy) is 1. The van der Waals surface area contributed by atoms with Gasteiger partial charge in [0.25, 0.3) is 0 Å². The van der Waals surface area contributed by atoms with Crippen LogP contribution in [0.1, 0.15) is 21.5 Å². The van der Waals surface area contributed by atoms with E-state index in [2.05, 4.69) is 62.2 Å². The predicted molar refractivity (Wildman–Crippen MR) is 98.2 cm³/mol. The van der Waals surface area contributed by atoms with Crippen molar-refractivity contribution in [2.75, 3.05) is 7.11 Å². The van der Waals surface area contributed by atoms with E-state index in [0.717, 1.165) is 11.1 Å². The number of hydrogen-bond donors (Lipinski definition) is 0. The Kier molecular flexibility index (Phi) is 5.82. The standard InChI is InChI=1S/C18H24O2Si2/c1-20-18(19)17-13-15(8-10-21(2,3)4)12-16(14-17)9-11-22(5,6)7/h12-14H,1-7H3. The second kappa shape index (κ2) is 7.00. The number of methoxy groups -OCH3 is 1. The first-order valence-electron chi connectivity index (χ1n) is 7.30. The van der Waals surface area contributed by atoms with Crippen molar-refractivity contribution >= 4 is 22.1 Å². The summed E-state index contributed by atoms with van der Waals surface area (Å²) in [4.78, 5) is 11.8. The Morgan fingerprint density at radius 2 is 1.27 bits per heavy atom. The lowest BCUT2D eigenvalue weighted by Crippen LogP contribution is -2.16. The maximum absolute atomic E-state index is 11.8. The molecule has 1 rings (SSSR count). The van der Waals surface area contributed by atoms with E-state index in [9.17, 15) is 4.79 Å². The maximum Gasteiger partial charge on any atom is 0.337 e. The highest BCUT2D eigenvalue weighted by Crippen LogP contribution is 2.12. The molecule has 2 nitrogen and oxygen atoms in total. The quantitative estimate of drug-likeness (QED) is 0.443. The fraction of sp³-hybridized carbons (Fsp3) is 0.389. The van der Waals surface area contributed by atoms with Crippen LogP contribution in [-0.4, -0.2) is 29.2 Å². The lowest BCUT2D eigenvalue weighted by Gasteiger charge is -2.06. The highest BCUT2D eigenvalue weighted by molar-refractivity contribution is 6.84. The topological polar surface area (TPSA) is 26.3 Å². The van der Waals surface area contributed by atoms with Gasteiger partial charge in [-0.2, -0.15) is 0 Å². The van der Waals surface area contributed by atoms with Gasteiger partial charge in [0.2, 0.25) is 0 Å². The van der Waals surface area contributed by atoms with E-state index in [4.69, 9.17) is 4.74 Å². The molecule has 22 heavy (non-hydrogen) atoms. The maximum atomic E-state index is 11.8. The van der Waals surface area contributed by atoms with Crippen LogP contribution in [0.4, 0.5) is 0 Å². The first-order chi connectivity index (χ1) is 10.00. The van der Waals surface area contributed by atoms with Gasteiger partial charge in [-0.1, -0.05) is 51.1 Å². The zero-order valence-corrected chi connectivity index (χ0v) is 16.5. The van der Waals surface area contributed by atoms with E-state index in [1.165, 1.54) is 7.11 Å². The molecule has 1 aromatic rings. The van der Waals surface area contributed by atoms with Crippen LogP contribution in [0, 0.1) is 22.9 Å². The number of rotatable bonds is 1. The molecule has 0 bridgehead atoms. The van der Waals surface area contributed by atoms with Gasteiger partial charge in [0, 0.05) is 11.1 Å². The Balaban J connectivity index is 3.35. The summed E-state index contributed by atoms with van der Waals surface area (Å²) in [7, 11) is -1.55. The molecule has 0 atom stereocenters. The minimum absolute atomic E-state index is 0.354. The van der Waals surface area contributed by atoms with Crippen molar-refractivity contribution in [3.63, 3.8) is 0 Å². The van der Waals surface area contributed by atoms with Crippen LogP contribution in [0.15, 0.2) is 18.2 Å². The summed E-state index contributed by atoms with van der Waals surface area (Å²) in [6.45, 7) is 13.1. The van der Waals surface area contributed by atoms with Crippen LogP contribution in [0.3, 0.4) is 0 Å². The summed E-state index contributed by atoms with van der Waals surface area (Å²) < 4.78 is 4.82. The van der Waals surface area contributed by atoms with E-state index in [1.807, 2.05) is 6.07 Å². The molecule has 4 heteroatoms. The smallest absolute Gasteiger partial charge is 0.337 e. The molecule has 0 amide bonds. The SMILES string of the molecule is COC(=O)c1cc(C#C[Si](C)(C)C)cc(C#C[Si](C)(C)C)c1. The van der Waals surface area contributed by atoms with Gasteiger partial charge in [0.15, 0.2) is 0 Å². The van der Waals surface area contributed by atoms with Crippen molar-refractivity contribution in [1.82, 2.24) is 0 Å². The lowest BCUT2D eigenvalue weighted by atomic mass is 10.1. The van der Waals surface area contributed by atoms with Gasteiger partial charge in [0.05, 0.1) is 12.7 Å². The number of benzene rings is 1. The van der Waals surface area contributed by atoms with Gasteiger partial charge >= 0.3 is 5.97 Å². The third-order valence-corrected chi connectivity index (χ3v) is 4.27. The molecule has 0 saturated carbocycles. The van der Waals surface area contributed by atoms with Crippen molar-refractivity contribution in [3.05, 3.63) is 34.9 Å². The van der Waals surface area contributed by atoms with Gasteiger partial charge < -0.3 is 4.74 Å². The third kappa shape index (κ3) is 6.80. The van der Waals surface area contributed by atoms with Gasteiger partial charge in [-0.3, -0.25) is 0 Å². The molecule has 0 saturated heterocycles. The minimum atomic E-state index is -1.47. The first-order valence-corrected chi connectivity index (χ1v) is 14.3. The Hall–Kier alpha value is -1.76. The minimum Gasteiger partial charge on any atom is -0.465 e. The van der Waals surface area contributed by atoms with E-state index in [-0.39, 0.29) is 5.97 Å². The average molecular weight is 329 g/mol. The molecule has 0 aliphatic rings. The van der Waals surface area contributed by atoms with Crippen molar-refractivity contribution in [3.8, 4) is 22.9 Å². The van der Waals surface area contributed by atoms with Crippen molar-refractivity contribution in [1.29, 1.82) is 0 Å². The van der Waals surface area contributed by atoms with E-state index in [1.54, 1.807) is 12.1 Å². The molecule has 0 radical (unpaired) electrons. The highest BCUT2D eigenvalue weighted by Gasteiger charge is 2.11. The van der Waals surface area contributed by atoms with E-state index < -0.39 is 16.1 Å². The summed E-state index contributed by atoms with van der Waals surface area (Å²) in [5, 5.41) is 0. The Morgan fingerprint density at radius 3 is 1.59 bits per heavy atom. The van der Waals surface area contributed by atoms with Crippen LogP contribution in [0.25, 0.3) is 0 Å². The molecule has 0 aliphatic carbocycles. The molecule has 1 aromatic carbocycles. The van der Waals surface area contributed by atoms with Crippen molar-refractivity contribution in [2.24, 2.45) is 0 Å². The Bertz CT molecular complexity index is 634. The Labute approximate surface area is 136 Å². The molecule has 0 heterocycles. The van der Waals surface area contributed by atoms with Crippen LogP contribution >= 0.6 is 0 Å². The molecule has 0 fully saturated rings. The number of esters is 1. The second-order valence-electron chi connectivity index (χ2n) is 7.29. The molecular formula is C18H24O2Si2.